The van der Waals surface area contributed by atoms with Crippen LogP contribution in [0.5, 0.6) is 0 Å². The van der Waals surface area contributed by atoms with Gasteiger partial charge < -0.3 is 13.9 Å². The first-order valence-electron chi connectivity index (χ1n) is 18.6. The van der Waals surface area contributed by atoms with Crippen LogP contribution < -0.4 is 4.90 Å². The van der Waals surface area contributed by atoms with E-state index in [0.717, 1.165) is 50.1 Å². The molecule has 0 aliphatic rings. The predicted molar refractivity (Wildman–Crippen MR) is 228 cm³/mol. The SMILES string of the molecule is Cc1ccc(N(c2cc(-c3ccc(-n4c5ccccc5c5ccccc54)cc3)c3oc4ccccc4c3c2)c2c(C)cc(-c3ccccc3)cc2C)cc1. The van der Waals surface area contributed by atoms with Crippen molar-refractivity contribution in [1.29, 1.82) is 0 Å². The molecular weight excluding hydrogens is 657 g/mol. The van der Waals surface area contributed by atoms with Crippen LogP contribution in [0.1, 0.15) is 16.7 Å². The van der Waals surface area contributed by atoms with Gasteiger partial charge in [0.15, 0.2) is 0 Å². The van der Waals surface area contributed by atoms with E-state index in [4.69, 9.17) is 4.42 Å². The molecule has 0 bridgehead atoms. The van der Waals surface area contributed by atoms with Gasteiger partial charge >= 0.3 is 0 Å². The van der Waals surface area contributed by atoms with Gasteiger partial charge in [-0.3, -0.25) is 0 Å². The highest BCUT2D eigenvalue weighted by molar-refractivity contribution is 6.12. The molecule has 0 unspecified atom stereocenters. The van der Waals surface area contributed by atoms with Gasteiger partial charge in [-0.05, 0) is 115 Å². The van der Waals surface area contributed by atoms with Crippen molar-refractivity contribution in [3.05, 3.63) is 193 Å². The highest BCUT2D eigenvalue weighted by Crippen LogP contribution is 2.46. The topological polar surface area (TPSA) is 21.3 Å². The van der Waals surface area contributed by atoms with Crippen molar-refractivity contribution in [3.63, 3.8) is 0 Å². The molecule has 0 atom stereocenters. The molecule has 258 valence electrons. The van der Waals surface area contributed by atoms with E-state index < -0.39 is 0 Å². The number of furan rings is 1. The van der Waals surface area contributed by atoms with Crippen molar-refractivity contribution in [3.8, 4) is 27.9 Å². The zero-order valence-corrected chi connectivity index (χ0v) is 30.5. The lowest BCUT2D eigenvalue weighted by Crippen LogP contribution is -2.13. The minimum absolute atomic E-state index is 0.884. The van der Waals surface area contributed by atoms with Crippen LogP contribution in [0.2, 0.25) is 0 Å². The first-order valence-corrected chi connectivity index (χ1v) is 18.6. The van der Waals surface area contributed by atoms with Crippen LogP contribution in [-0.4, -0.2) is 4.57 Å². The van der Waals surface area contributed by atoms with Crippen molar-refractivity contribution in [2.75, 3.05) is 4.90 Å². The summed E-state index contributed by atoms with van der Waals surface area (Å²) in [5.41, 5.74) is 16.9. The quantitative estimate of drug-likeness (QED) is 0.173. The van der Waals surface area contributed by atoms with Crippen LogP contribution in [0, 0.1) is 20.8 Å². The molecular formula is C51H38N2O. The molecule has 3 heteroatoms. The average Bonchev–Trinajstić information content (AvgIpc) is 3.76. The van der Waals surface area contributed by atoms with Crippen molar-refractivity contribution in [2.24, 2.45) is 0 Å². The number of aromatic nitrogens is 1. The number of para-hydroxylation sites is 3. The van der Waals surface area contributed by atoms with E-state index in [1.165, 1.54) is 55.3 Å². The number of aryl methyl sites for hydroxylation is 3. The molecule has 2 heterocycles. The number of fused-ring (bicyclic) bond motifs is 6. The second-order valence-corrected chi connectivity index (χ2v) is 14.4. The predicted octanol–water partition coefficient (Wildman–Crippen LogP) is 14.4. The van der Waals surface area contributed by atoms with E-state index in [2.05, 4.69) is 200 Å². The molecule has 0 radical (unpaired) electrons. The number of benzene rings is 8. The summed E-state index contributed by atoms with van der Waals surface area (Å²) in [6.45, 7) is 6.61. The smallest absolute Gasteiger partial charge is 0.143 e. The number of anilines is 3. The molecule has 0 aliphatic carbocycles. The van der Waals surface area contributed by atoms with Crippen LogP contribution in [0.15, 0.2) is 180 Å². The van der Waals surface area contributed by atoms with Crippen LogP contribution in [-0.2, 0) is 0 Å². The standard InChI is InChI=1S/C51H38N2O/c1-33-21-25-39(26-22-33)52(50-34(2)29-38(30-35(50)3)36-13-5-4-6-14-36)41-31-45(51-46(32-41)44-17-9-12-20-49(44)54-51)37-23-27-40(28-24-37)53-47-18-10-7-15-42(47)43-16-8-11-19-48(43)53/h4-32H,1-3H3. The summed E-state index contributed by atoms with van der Waals surface area (Å²) >= 11 is 0. The Kier molecular flexibility index (Phi) is 7.48. The first kappa shape index (κ1) is 31.9. The second kappa shape index (κ2) is 12.7. The van der Waals surface area contributed by atoms with Gasteiger partial charge in [0, 0.05) is 44.2 Å². The van der Waals surface area contributed by atoms with E-state index in [0.29, 0.717) is 0 Å². The van der Waals surface area contributed by atoms with Crippen molar-refractivity contribution >= 4 is 60.8 Å². The fourth-order valence-corrected chi connectivity index (χ4v) is 8.35. The second-order valence-electron chi connectivity index (χ2n) is 14.4. The molecule has 2 aromatic heterocycles. The largest absolute Gasteiger partial charge is 0.455 e. The van der Waals surface area contributed by atoms with Gasteiger partial charge in [-0.1, -0.05) is 115 Å². The maximum absolute atomic E-state index is 6.71. The van der Waals surface area contributed by atoms with E-state index in [9.17, 15) is 0 Å². The van der Waals surface area contributed by atoms with Gasteiger partial charge in [-0.15, -0.1) is 0 Å². The fraction of sp³-hybridized carbons (Fsp3) is 0.0588. The van der Waals surface area contributed by atoms with E-state index in [1.54, 1.807) is 0 Å². The van der Waals surface area contributed by atoms with E-state index >= 15 is 0 Å². The summed E-state index contributed by atoms with van der Waals surface area (Å²) in [7, 11) is 0. The summed E-state index contributed by atoms with van der Waals surface area (Å²) in [4.78, 5) is 2.43. The van der Waals surface area contributed by atoms with Gasteiger partial charge in [0.25, 0.3) is 0 Å². The van der Waals surface area contributed by atoms with Gasteiger partial charge in [0.2, 0.25) is 0 Å². The van der Waals surface area contributed by atoms with E-state index in [1.807, 2.05) is 6.07 Å². The van der Waals surface area contributed by atoms with Crippen LogP contribution in [0.25, 0.3) is 71.7 Å². The normalized spacial score (nSPS) is 11.6. The Hall–Kier alpha value is -6.84. The summed E-state index contributed by atoms with van der Waals surface area (Å²) < 4.78 is 9.07. The molecule has 0 fully saturated rings. The third kappa shape index (κ3) is 5.20. The zero-order valence-electron chi connectivity index (χ0n) is 30.5. The Balaban J connectivity index is 1.19. The molecule has 0 amide bonds. The maximum Gasteiger partial charge on any atom is 0.143 e. The Morgan fingerprint density at radius 2 is 1.04 bits per heavy atom. The highest BCUT2D eigenvalue weighted by Gasteiger charge is 2.23. The Bertz CT molecular complexity index is 2930. The molecule has 3 nitrogen and oxygen atoms in total. The molecule has 10 aromatic rings. The lowest BCUT2D eigenvalue weighted by Gasteiger charge is -2.30. The van der Waals surface area contributed by atoms with Crippen LogP contribution in [0.4, 0.5) is 17.1 Å². The molecule has 0 spiro atoms. The maximum atomic E-state index is 6.71. The third-order valence-corrected chi connectivity index (χ3v) is 10.9. The minimum atomic E-state index is 0.884. The van der Waals surface area contributed by atoms with Crippen LogP contribution >= 0.6 is 0 Å². The molecule has 0 saturated heterocycles. The minimum Gasteiger partial charge on any atom is -0.455 e. The third-order valence-electron chi connectivity index (χ3n) is 10.9. The van der Waals surface area contributed by atoms with Gasteiger partial charge in [0.1, 0.15) is 11.2 Å². The number of hydrogen-bond donors (Lipinski definition) is 0. The molecule has 0 N–H and O–H groups in total. The number of rotatable bonds is 6. The number of nitrogens with zero attached hydrogens (tertiary/aromatic N) is 2. The van der Waals surface area contributed by atoms with Crippen molar-refractivity contribution < 1.29 is 4.42 Å². The Morgan fingerprint density at radius 3 is 1.70 bits per heavy atom. The molecule has 0 aliphatic heterocycles. The summed E-state index contributed by atoms with van der Waals surface area (Å²) in [5.74, 6) is 0. The lowest BCUT2D eigenvalue weighted by atomic mass is 9.96. The molecule has 54 heavy (non-hydrogen) atoms. The van der Waals surface area contributed by atoms with Crippen LogP contribution in [0.3, 0.4) is 0 Å². The van der Waals surface area contributed by atoms with Gasteiger partial charge in [-0.25, -0.2) is 0 Å². The fourth-order valence-electron chi connectivity index (χ4n) is 8.35. The molecule has 10 rings (SSSR count). The van der Waals surface area contributed by atoms with Crippen molar-refractivity contribution in [1.82, 2.24) is 4.57 Å². The monoisotopic (exact) mass is 694 g/mol. The van der Waals surface area contributed by atoms with Gasteiger partial charge in [-0.2, -0.15) is 0 Å². The average molecular weight is 695 g/mol. The highest BCUT2D eigenvalue weighted by atomic mass is 16.3. The van der Waals surface area contributed by atoms with Crippen molar-refractivity contribution in [2.45, 2.75) is 20.8 Å². The van der Waals surface area contributed by atoms with Gasteiger partial charge in [0.05, 0.1) is 16.7 Å². The summed E-state index contributed by atoms with van der Waals surface area (Å²) in [6.07, 6.45) is 0. The Morgan fingerprint density at radius 1 is 0.444 bits per heavy atom. The van der Waals surface area contributed by atoms with E-state index in [-0.39, 0.29) is 0 Å². The summed E-state index contributed by atoms with van der Waals surface area (Å²) in [6, 6.07) is 63.4. The lowest BCUT2D eigenvalue weighted by molar-refractivity contribution is 0.670. The Labute approximate surface area is 315 Å². The zero-order chi connectivity index (χ0) is 36.3. The molecule has 0 saturated carbocycles. The number of hydrogen-bond acceptors (Lipinski definition) is 2. The molecule has 8 aromatic carbocycles. The first-order chi connectivity index (χ1) is 26.5. The summed E-state index contributed by atoms with van der Waals surface area (Å²) in [5, 5.41) is 4.71.